The van der Waals surface area contributed by atoms with Gasteiger partial charge in [-0.25, -0.2) is 13.1 Å². The van der Waals surface area contributed by atoms with Crippen LogP contribution in [0, 0.1) is 0 Å². The molecule has 19 heavy (non-hydrogen) atoms. The first kappa shape index (κ1) is 15.9. The van der Waals surface area contributed by atoms with Gasteiger partial charge in [-0.05, 0) is 28.4 Å². The fourth-order valence-corrected chi connectivity index (χ4v) is 3.21. The Kier molecular flexibility index (Phi) is 5.70. The van der Waals surface area contributed by atoms with Crippen molar-refractivity contribution in [1.82, 2.24) is 9.71 Å². The van der Waals surface area contributed by atoms with Gasteiger partial charge >= 0.3 is 0 Å². The van der Waals surface area contributed by atoms with Gasteiger partial charge in [0.25, 0.3) is 0 Å². The molecule has 0 saturated heterocycles. The first-order valence-electron chi connectivity index (χ1n) is 5.48. The largest absolute Gasteiger partial charge is 0.409 e. The number of aromatic nitrogens is 1. The van der Waals surface area contributed by atoms with Crippen LogP contribution in [0.3, 0.4) is 0 Å². The lowest BCUT2D eigenvalue weighted by molar-refractivity contribution is 0.316. The van der Waals surface area contributed by atoms with Gasteiger partial charge in [-0.2, -0.15) is 0 Å². The molecule has 0 aliphatic carbocycles. The molecular formula is C10H15BrN4O3S. The molecule has 0 aliphatic heterocycles. The number of sulfonamides is 1. The average Bonchev–Trinajstić information content (AvgIpc) is 2.37. The molecule has 0 amide bonds. The number of halogens is 1. The highest BCUT2D eigenvalue weighted by atomic mass is 79.9. The quantitative estimate of drug-likeness (QED) is 0.306. The van der Waals surface area contributed by atoms with E-state index in [-0.39, 0.29) is 17.2 Å². The third-order valence-electron chi connectivity index (χ3n) is 2.39. The van der Waals surface area contributed by atoms with E-state index in [0.29, 0.717) is 10.9 Å². The van der Waals surface area contributed by atoms with Crippen LogP contribution in [0.5, 0.6) is 0 Å². The van der Waals surface area contributed by atoms with Crippen LogP contribution in [0.25, 0.3) is 0 Å². The van der Waals surface area contributed by atoms with Gasteiger partial charge in [0.15, 0.2) is 0 Å². The number of nitrogens with one attached hydrogen (secondary N) is 1. The van der Waals surface area contributed by atoms with Gasteiger partial charge in [0.1, 0.15) is 10.7 Å². The molecule has 0 aliphatic rings. The molecule has 0 radical (unpaired) electrons. The van der Waals surface area contributed by atoms with E-state index in [1.54, 1.807) is 6.92 Å². The summed E-state index contributed by atoms with van der Waals surface area (Å²) in [6.45, 7) is 1.80. The molecule has 106 valence electrons. The Labute approximate surface area is 120 Å². The van der Waals surface area contributed by atoms with Gasteiger partial charge in [0, 0.05) is 29.3 Å². The van der Waals surface area contributed by atoms with Crippen molar-refractivity contribution in [2.75, 3.05) is 0 Å². The SMILES string of the molecule is CCC(CC(N)=NO)NS(=O)(=O)c1cncc(Br)c1. The minimum Gasteiger partial charge on any atom is -0.409 e. The van der Waals surface area contributed by atoms with Gasteiger partial charge in [-0.15, -0.1) is 0 Å². The summed E-state index contributed by atoms with van der Waals surface area (Å²) < 4.78 is 27.3. The number of nitrogens with two attached hydrogens (primary N) is 1. The summed E-state index contributed by atoms with van der Waals surface area (Å²) >= 11 is 3.16. The van der Waals surface area contributed by atoms with Crippen molar-refractivity contribution in [3.8, 4) is 0 Å². The molecule has 1 aromatic heterocycles. The molecule has 1 heterocycles. The second kappa shape index (κ2) is 6.83. The molecule has 7 nitrogen and oxygen atoms in total. The predicted octanol–water partition coefficient (Wildman–Crippen LogP) is 1.04. The number of amidine groups is 1. The van der Waals surface area contributed by atoms with Gasteiger partial charge in [0.2, 0.25) is 10.0 Å². The van der Waals surface area contributed by atoms with Gasteiger partial charge < -0.3 is 10.9 Å². The summed E-state index contributed by atoms with van der Waals surface area (Å²) in [6, 6.07) is 1.01. The molecule has 0 bridgehead atoms. The Balaban J connectivity index is 2.89. The maximum atomic E-state index is 12.1. The van der Waals surface area contributed by atoms with Crippen molar-refractivity contribution in [2.45, 2.75) is 30.7 Å². The summed E-state index contributed by atoms with van der Waals surface area (Å²) in [5.74, 6) is -0.0260. The van der Waals surface area contributed by atoms with E-state index in [4.69, 9.17) is 10.9 Å². The van der Waals surface area contributed by atoms with E-state index in [9.17, 15) is 8.42 Å². The van der Waals surface area contributed by atoms with Crippen LogP contribution in [0.1, 0.15) is 19.8 Å². The fraction of sp³-hybridized carbons (Fsp3) is 0.400. The maximum absolute atomic E-state index is 12.1. The van der Waals surface area contributed by atoms with Crippen molar-refractivity contribution in [3.63, 3.8) is 0 Å². The molecule has 1 atom stereocenters. The first-order chi connectivity index (χ1) is 8.89. The third kappa shape index (κ3) is 4.77. The molecule has 0 saturated carbocycles. The third-order valence-corrected chi connectivity index (χ3v) is 4.31. The molecule has 0 aromatic carbocycles. The number of hydrogen-bond donors (Lipinski definition) is 3. The average molecular weight is 351 g/mol. The molecule has 0 fully saturated rings. The monoisotopic (exact) mass is 350 g/mol. The maximum Gasteiger partial charge on any atom is 0.242 e. The van der Waals surface area contributed by atoms with Gasteiger partial charge in [0.05, 0.1) is 0 Å². The van der Waals surface area contributed by atoms with Crippen molar-refractivity contribution in [3.05, 3.63) is 22.9 Å². The molecule has 1 unspecified atom stereocenters. The zero-order valence-corrected chi connectivity index (χ0v) is 12.6. The van der Waals surface area contributed by atoms with Crippen LogP contribution in [-0.2, 0) is 10.0 Å². The molecule has 1 aromatic rings. The highest BCUT2D eigenvalue weighted by Gasteiger charge is 2.20. The van der Waals surface area contributed by atoms with Crippen LogP contribution in [-0.4, -0.2) is 30.5 Å². The van der Waals surface area contributed by atoms with E-state index < -0.39 is 16.1 Å². The summed E-state index contributed by atoms with van der Waals surface area (Å²) in [7, 11) is -3.68. The molecular weight excluding hydrogens is 336 g/mol. The highest BCUT2D eigenvalue weighted by Crippen LogP contribution is 2.15. The van der Waals surface area contributed by atoms with Crippen molar-refractivity contribution in [1.29, 1.82) is 0 Å². The topological polar surface area (TPSA) is 118 Å². The van der Waals surface area contributed by atoms with E-state index in [2.05, 4.69) is 30.8 Å². The Hall–Kier alpha value is -1.19. The molecule has 1 rings (SSSR count). The van der Waals surface area contributed by atoms with Crippen molar-refractivity contribution in [2.24, 2.45) is 10.9 Å². The lowest BCUT2D eigenvalue weighted by Gasteiger charge is -2.16. The Morgan fingerprint density at radius 1 is 1.63 bits per heavy atom. The molecule has 4 N–H and O–H groups in total. The Morgan fingerprint density at radius 2 is 2.32 bits per heavy atom. The molecule has 9 heteroatoms. The van der Waals surface area contributed by atoms with Crippen LogP contribution >= 0.6 is 15.9 Å². The summed E-state index contributed by atoms with van der Waals surface area (Å²) in [5.41, 5.74) is 5.38. The summed E-state index contributed by atoms with van der Waals surface area (Å²) in [5, 5.41) is 11.3. The Morgan fingerprint density at radius 3 is 2.84 bits per heavy atom. The summed E-state index contributed by atoms with van der Waals surface area (Å²) in [6.07, 6.45) is 3.39. The van der Waals surface area contributed by atoms with E-state index in [1.165, 1.54) is 18.5 Å². The normalized spacial score (nSPS) is 14.3. The van der Waals surface area contributed by atoms with Crippen molar-refractivity contribution >= 4 is 31.8 Å². The minimum atomic E-state index is -3.68. The van der Waals surface area contributed by atoms with Crippen molar-refractivity contribution < 1.29 is 13.6 Å². The van der Waals surface area contributed by atoms with Crippen LogP contribution in [0.4, 0.5) is 0 Å². The van der Waals surface area contributed by atoms with Gasteiger partial charge in [-0.1, -0.05) is 12.1 Å². The zero-order valence-electron chi connectivity index (χ0n) is 10.2. The molecule has 0 spiro atoms. The Bertz CT molecular complexity index is 562. The first-order valence-corrected chi connectivity index (χ1v) is 7.76. The lowest BCUT2D eigenvalue weighted by Crippen LogP contribution is -2.37. The number of nitrogens with zero attached hydrogens (tertiary/aromatic N) is 2. The standard InChI is InChI=1S/C10H15BrN4O3S/c1-2-8(4-10(12)14-16)15-19(17,18)9-3-7(11)5-13-6-9/h3,5-6,8,15-16H,2,4H2,1H3,(H2,12,14). The zero-order chi connectivity index (χ0) is 14.5. The van der Waals surface area contributed by atoms with Crippen LogP contribution < -0.4 is 10.5 Å². The number of pyridine rings is 1. The number of rotatable bonds is 6. The van der Waals surface area contributed by atoms with E-state index >= 15 is 0 Å². The second-order valence-electron chi connectivity index (χ2n) is 3.86. The fourth-order valence-electron chi connectivity index (χ4n) is 1.39. The predicted molar refractivity (Wildman–Crippen MR) is 74.4 cm³/mol. The highest BCUT2D eigenvalue weighted by molar-refractivity contribution is 9.10. The lowest BCUT2D eigenvalue weighted by atomic mass is 10.1. The van der Waals surface area contributed by atoms with Crippen LogP contribution in [0.15, 0.2) is 33.0 Å². The van der Waals surface area contributed by atoms with E-state index in [1.807, 2.05) is 0 Å². The number of hydrogen-bond acceptors (Lipinski definition) is 5. The second-order valence-corrected chi connectivity index (χ2v) is 6.49. The van der Waals surface area contributed by atoms with Gasteiger partial charge in [-0.3, -0.25) is 4.98 Å². The van der Waals surface area contributed by atoms with Crippen LogP contribution in [0.2, 0.25) is 0 Å². The number of oxime groups is 1. The smallest absolute Gasteiger partial charge is 0.242 e. The minimum absolute atomic E-state index is 0.0260. The van der Waals surface area contributed by atoms with E-state index in [0.717, 1.165) is 0 Å². The summed E-state index contributed by atoms with van der Waals surface area (Å²) in [4.78, 5) is 3.86.